The minimum atomic E-state index is 0.747. The molecule has 0 spiro atoms. The number of para-hydroxylation sites is 2. The fraction of sp³-hybridized carbons (Fsp3) is 0.0500. The van der Waals surface area contributed by atoms with Crippen molar-refractivity contribution in [1.29, 1.82) is 0 Å². The van der Waals surface area contributed by atoms with E-state index in [1.165, 1.54) is 5.39 Å². The lowest BCUT2D eigenvalue weighted by atomic mass is 10.0. The van der Waals surface area contributed by atoms with Crippen LogP contribution in [-0.4, -0.2) is 15.8 Å². The largest absolute Gasteiger partial charge is 0.338 e. The highest BCUT2D eigenvalue weighted by atomic mass is 15.1. The van der Waals surface area contributed by atoms with Gasteiger partial charge in [-0.1, -0.05) is 36.4 Å². The van der Waals surface area contributed by atoms with E-state index in [2.05, 4.69) is 34.6 Å². The van der Waals surface area contributed by atoms with Gasteiger partial charge in [0, 0.05) is 11.1 Å². The van der Waals surface area contributed by atoms with Gasteiger partial charge in [0.2, 0.25) is 0 Å². The van der Waals surface area contributed by atoms with Gasteiger partial charge in [-0.05, 0) is 36.6 Å². The molecule has 4 heteroatoms. The van der Waals surface area contributed by atoms with Crippen LogP contribution in [0, 0.1) is 6.92 Å². The van der Waals surface area contributed by atoms with E-state index in [-0.39, 0.29) is 0 Å². The molecule has 1 N–H and O–H groups in total. The van der Waals surface area contributed by atoms with Crippen LogP contribution in [0.15, 0.2) is 65.7 Å². The Morgan fingerprint density at radius 2 is 1.54 bits per heavy atom. The molecule has 0 saturated heterocycles. The Labute approximate surface area is 138 Å². The number of aryl methyl sites for hydroxylation is 1. The molecule has 4 aromatic rings. The van der Waals surface area contributed by atoms with Gasteiger partial charge in [0.1, 0.15) is 5.69 Å². The first-order valence-electron chi connectivity index (χ1n) is 7.91. The average Bonchev–Trinajstić information content (AvgIpc) is 2.61. The number of rotatable bonds is 1. The van der Waals surface area contributed by atoms with Gasteiger partial charge in [0.25, 0.3) is 0 Å². The summed E-state index contributed by atoms with van der Waals surface area (Å²) < 4.78 is 0. The molecule has 0 fully saturated rings. The maximum absolute atomic E-state index is 4.80. The van der Waals surface area contributed by atoms with Crippen LogP contribution < -0.4 is 5.32 Å². The van der Waals surface area contributed by atoms with Gasteiger partial charge in [-0.25, -0.2) is 15.0 Å². The molecule has 3 aromatic carbocycles. The third-order valence-electron chi connectivity index (χ3n) is 4.34. The minimum Gasteiger partial charge on any atom is -0.338 e. The Morgan fingerprint density at radius 1 is 0.792 bits per heavy atom. The number of aliphatic imine (C=N–C) groups is 1. The van der Waals surface area contributed by atoms with Crippen molar-refractivity contribution in [3.05, 3.63) is 72.1 Å². The fourth-order valence-corrected chi connectivity index (χ4v) is 3.22. The number of nitrogens with zero attached hydrogens (tertiary/aromatic N) is 3. The zero-order valence-corrected chi connectivity index (χ0v) is 13.1. The van der Waals surface area contributed by atoms with Gasteiger partial charge in [0.15, 0.2) is 5.84 Å². The summed E-state index contributed by atoms with van der Waals surface area (Å²) in [6.45, 7) is 1.97. The number of benzene rings is 3. The van der Waals surface area contributed by atoms with Crippen LogP contribution in [0.3, 0.4) is 0 Å². The Bertz CT molecular complexity index is 1140. The molecule has 0 amide bonds. The first-order valence-corrected chi connectivity index (χ1v) is 7.91. The summed E-state index contributed by atoms with van der Waals surface area (Å²) in [6.07, 6.45) is 0. The maximum Gasteiger partial charge on any atom is 0.158 e. The van der Waals surface area contributed by atoms with Gasteiger partial charge < -0.3 is 5.32 Å². The SMILES string of the molecule is Cc1nc2ccccc2nc1C1=Nc2cccc3cccc(c23)N1. The molecule has 1 aliphatic heterocycles. The second-order valence-corrected chi connectivity index (χ2v) is 5.91. The van der Waals surface area contributed by atoms with Crippen LogP contribution in [-0.2, 0) is 0 Å². The molecule has 0 saturated carbocycles. The van der Waals surface area contributed by atoms with Crippen LogP contribution >= 0.6 is 0 Å². The van der Waals surface area contributed by atoms with Gasteiger partial charge >= 0.3 is 0 Å². The molecule has 1 aromatic heterocycles. The van der Waals surface area contributed by atoms with Gasteiger partial charge in [-0.3, -0.25) is 0 Å². The number of fused-ring (bicyclic) bond motifs is 1. The Hall–Kier alpha value is -3.27. The van der Waals surface area contributed by atoms with E-state index in [1.54, 1.807) is 0 Å². The van der Waals surface area contributed by atoms with Crippen LogP contribution in [0.5, 0.6) is 0 Å². The normalized spacial score (nSPS) is 13.0. The predicted molar refractivity (Wildman–Crippen MR) is 98.0 cm³/mol. The van der Waals surface area contributed by atoms with Crippen molar-refractivity contribution in [3.8, 4) is 0 Å². The molecule has 5 rings (SSSR count). The summed E-state index contributed by atoms with van der Waals surface area (Å²) in [5.74, 6) is 0.747. The van der Waals surface area contributed by atoms with Crippen LogP contribution in [0.4, 0.5) is 11.4 Å². The van der Waals surface area contributed by atoms with E-state index in [0.29, 0.717) is 0 Å². The lowest BCUT2D eigenvalue weighted by Gasteiger charge is -2.19. The Balaban J connectivity index is 1.75. The molecule has 0 aliphatic carbocycles. The summed E-state index contributed by atoms with van der Waals surface area (Å²) in [6, 6.07) is 20.3. The fourth-order valence-electron chi connectivity index (χ4n) is 3.22. The molecule has 0 atom stereocenters. The quantitative estimate of drug-likeness (QED) is 0.559. The number of hydrogen-bond acceptors (Lipinski definition) is 4. The van der Waals surface area contributed by atoms with Gasteiger partial charge in [-0.15, -0.1) is 0 Å². The molecule has 24 heavy (non-hydrogen) atoms. The number of hydrogen-bond donors (Lipinski definition) is 1. The molecule has 0 bridgehead atoms. The summed E-state index contributed by atoms with van der Waals surface area (Å²) in [4.78, 5) is 14.3. The van der Waals surface area contributed by atoms with Crippen molar-refractivity contribution in [2.24, 2.45) is 4.99 Å². The third-order valence-corrected chi connectivity index (χ3v) is 4.34. The van der Waals surface area contributed by atoms with E-state index in [4.69, 9.17) is 9.98 Å². The highest BCUT2D eigenvalue weighted by molar-refractivity contribution is 6.18. The van der Waals surface area contributed by atoms with Crippen LogP contribution in [0.2, 0.25) is 0 Å². The highest BCUT2D eigenvalue weighted by Gasteiger charge is 2.18. The van der Waals surface area contributed by atoms with Crippen molar-refractivity contribution in [2.45, 2.75) is 6.92 Å². The molecule has 1 aliphatic rings. The van der Waals surface area contributed by atoms with Crippen molar-refractivity contribution < 1.29 is 0 Å². The molecular weight excluding hydrogens is 296 g/mol. The molecule has 2 heterocycles. The standard InChI is InChI=1S/C20H14N4/c1-12-19(22-15-9-3-2-8-14(15)21-12)20-23-16-10-4-6-13-7-5-11-17(24-20)18(13)16/h2-11H,1H3,(H,23,24). The predicted octanol–water partition coefficient (Wildman–Crippen LogP) is 4.60. The maximum atomic E-state index is 4.80. The van der Waals surface area contributed by atoms with Gasteiger partial charge in [0.05, 0.1) is 22.4 Å². The smallest absolute Gasteiger partial charge is 0.158 e. The van der Waals surface area contributed by atoms with Crippen molar-refractivity contribution in [3.63, 3.8) is 0 Å². The first-order chi connectivity index (χ1) is 11.8. The summed E-state index contributed by atoms with van der Waals surface area (Å²) in [5, 5.41) is 5.76. The van der Waals surface area contributed by atoms with E-state index in [0.717, 1.165) is 45.0 Å². The Morgan fingerprint density at radius 3 is 2.38 bits per heavy atom. The number of nitrogens with one attached hydrogen (secondary N) is 1. The van der Waals surface area contributed by atoms with Crippen molar-refractivity contribution in [1.82, 2.24) is 9.97 Å². The van der Waals surface area contributed by atoms with E-state index >= 15 is 0 Å². The zero-order valence-electron chi connectivity index (χ0n) is 13.1. The molecule has 4 nitrogen and oxygen atoms in total. The summed E-state index contributed by atoms with van der Waals surface area (Å²) in [7, 11) is 0. The van der Waals surface area contributed by atoms with E-state index in [9.17, 15) is 0 Å². The second kappa shape index (κ2) is 4.86. The number of amidine groups is 1. The Kier molecular flexibility index (Phi) is 2.67. The van der Waals surface area contributed by atoms with Crippen LogP contribution in [0.1, 0.15) is 11.4 Å². The highest BCUT2D eigenvalue weighted by Crippen LogP contribution is 2.36. The average molecular weight is 310 g/mol. The van der Waals surface area contributed by atoms with E-state index < -0.39 is 0 Å². The van der Waals surface area contributed by atoms with E-state index in [1.807, 2.05) is 43.3 Å². The minimum absolute atomic E-state index is 0.747. The lowest BCUT2D eigenvalue weighted by Crippen LogP contribution is -2.19. The monoisotopic (exact) mass is 310 g/mol. The van der Waals surface area contributed by atoms with Crippen LogP contribution in [0.25, 0.3) is 21.8 Å². The summed E-state index contributed by atoms with van der Waals surface area (Å²) in [5.41, 5.74) is 5.46. The molecule has 114 valence electrons. The van der Waals surface area contributed by atoms with Crippen molar-refractivity contribution >= 4 is 39.0 Å². The zero-order chi connectivity index (χ0) is 16.1. The second-order valence-electron chi connectivity index (χ2n) is 5.91. The third kappa shape index (κ3) is 1.90. The molecular formula is C20H14N4. The summed E-state index contributed by atoms with van der Waals surface area (Å²) >= 11 is 0. The van der Waals surface area contributed by atoms with Gasteiger partial charge in [-0.2, -0.15) is 0 Å². The molecule has 0 unspecified atom stereocenters. The number of anilines is 1. The topological polar surface area (TPSA) is 50.2 Å². The first kappa shape index (κ1) is 13.2. The number of aromatic nitrogens is 2. The molecule has 0 radical (unpaired) electrons. The van der Waals surface area contributed by atoms with Crippen molar-refractivity contribution in [2.75, 3.05) is 5.32 Å². The lowest BCUT2D eigenvalue weighted by molar-refractivity contribution is 1.16.